The number of esters is 2. The molecule has 3 aromatic rings. The van der Waals surface area contributed by atoms with E-state index in [1.54, 1.807) is 0 Å². The second-order valence-corrected chi connectivity index (χ2v) is 17.2. The predicted octanol–water partition coefficient (Wildman–Crippen LogP) is 5.53. The fourth-order valence-corrected chi connectivity index (χ4v) is 12.9. The molecule has 2 bridgehead atoms. The van der Waals surface area contributed by atoms with Gasteiger partial charge in [0.1, 0.15) is 5.60 Å². The van der Waals surface area contributed by atoms with Gasteiger partial charge in [-0.3, -0.25) is 14.6 Å². The van der Waals surface area contributed by atoms with E-state index in [1.807, 2.05) is 14.2 Å². The minimum absolute atomic E-state index is 0.154. The van der Waals surface area contributed by atoms with E-state index >= 15 is 0 Å². The third-order valence-corrected chi connectivity index (χ3v) is 14.8. The molecule has 3 unspecified atom stereocenters. The molecule has 2 fully saturated rings. The number of anilines is 1. The summed E-state index contributed by atoms with van der Waals surface area (Å²) in [5.41, 5.74) is 4.70. The third kappa shape index (κ3) is 4.74. The highest BCUT2D eigenvalue weighted by molar-refractivity contribution is 5.88. The number of para-hydroxylation sites is 1. The summed E-state index contributed by atoms with van der Waals surface area (Å²) in [6.45, 7) is 12.3. The number of nitrogens with zero attached hydrogens (tertiary/aromatic N) is 3. The number of aryl methyl sites for hydroxylation is 1. The molecule has 10 heteroatoms. The maximum atomic E-state index is 14.3. The second kappa shape index (κ2) is 12.8. The zero-order chi connectivity index (χ0) is 38.7. The predicted molar refractivity (Wildman–Crippen MR) is 212 cm³/mol. The number of fused-ring (bicyclic) bond motifs is 6. The summed E-state index contributed by atoms with van der Waals surface area (Å²) in [7, 11) is 5.16. The SMILES string of the molecule is CCC1=C[C@@H]2CN(CCc3c([nH]c4ccccc34)[C@@](OC)(c3cc4c(cc3C)N(C)C3C(O)(C(=O)OC)[C@H](OC(C)=O)[C@]5(CC)C=CCN6CC[C@]43[C@@H]65)C2)C1. The highest BCUT2D eigenvalue weighted by Gasteiger charge is 2.80. The van der Waals surface area contributed by atoms with Crippen molar-refractivity contribution < 1.29 is 28.9 Å². The Morgan fingerprint density at radius 1 is 1.07 bits per heavy atom. The number of aliphatic hydroxyl groups is 1. The van der Waals surface area contributed by atoms with Crippen LogP contribution in [-0.4, -0.2) is 110 Å². The van der Waals surface area contributed by atoms with Crippen LogP contribution in [0.5, 0.6) is 0 Å². The summed E-state index contributed by atoms with van der Waals surface area (Å²) >= 11 is 0. The third-order valence-electron chi connectivity index (χ3n) is 14.8. The number of carbonyl (C=O) groups excluding carboxylic acids is 2. The second-order valence-electron chi connectivity index (χ2n) is 17.2. The Hall–Kier alpha value is -3.96. The first kappa shape index (κ1) is 36.7. The summed E-state index contributed by atoms with van der Waals surface area (Å²) in [4.78, 5) is 38.4. The average Bonchev–Trinajstić information content (AvgIpc) is 3.84. The van der Waals surface area contributed by atoms with E-state index in [4.69, 9.17) is 14.2 Å². The number of benzene rings is 2. The van der Waals surface area contributed by atoms with Crippen molar-refractivity contribution in [2.75, 3.05) is 58.9 Å². The van der Waals surface area contributed by atoms with Crippen molar-refractivity contribution >= 4 is 28.5 Å². The van der Waals surface area contributed by atoms with Gasteiger partial charge in [0, 0.05) is 80.7 Å². The number of aromatic amines is 1. The molecule has 2 N–H and O–H groups in total. The Kier molecular flexibility index (Phi) is 8.52. The van der Waals surface area contributed by atoms with Crippen LogP contribution < -0.4 is 4.90 Å². The van der Waals surface area contributed by atoms with E-state index in [9.17, 15) is 14.7 Å². The van der Waals surface area contributed by atoms with Crippen LogP contribution >= 0.6 is 0 Å². The first-order valence-corrected chi connectivity index (χ1v) is 20.3. The van der Waals surface area contributed by atoms with Crippen molar-refractivity contribution in [1.82, 2.24) is 14.8 Å². The molecule has 0 radical (unpaired) electrons. The topological polar surface area (TPSA) is 108 Å². The van der Waals surface area contributed by atoms with Gasteiger partial charge in [-0.25, -0.2) is 4.79 Å². The Morgan fingerprint density at radius 2 is 1.87 bits per heavy atom. The van der Waals surface area contributed by atoms with Gasteiger partial charge < -0.3 is 29.2 Å². The standard InChI is InChI=1S/C45H56N4O6/c1-8-29-22-30-24-44(54-7,37-32(15-19-48(25-29)26-30)31-13-10-11-14-35(31)46-37)33-23-34-36(21-27(33)3)47(5)39-43(34)17-20-49-18-12-16-42(9-2,38(43)49)40(55-28(4)50)45(39,52)41(51)53-6/h10-14,16,21-23,30,38-40,46,52H,8-9,15,17-20,24-26H2,1-7H3/t30-,38-,39?,40+,42+,43+,44-,45?/m0/s1. The summed E-state index contributed by atoms with van der Waals surface area (Å²) in [6, 6.07) is 12.3. The molecule has 1 spiro atoms. The molecule has 0 amide bonds. The van der Waals surface area contributed by atoms with Crippen LogP contribution in [0.4, 0.5) is 5.69 Å². The van der Waals surface area contributed by atoms with Gasteiger partial charge in [-0.05, 0) is 91.9 Å². The number of hydrogen-bond acceptors (Lipinski definition) is 9. The maximum Gasteiger partial charge on any atom is 0.344 e. The Balaban J connectivity index is 1.33. The van der Waals surface area contributed by atoms with Crippen LogP contribution in [0, 0.1) is 18.3 Å². The zero-order valence-electron chi connectivity index (χ0n) is 33.4. The maximum absolute atomic E-state index is 14.3. The van der Waals surface area contributed by atoms with Gasteiger partial charge in [-0.2, -0.15) is 0 Å². The largest absolute Gasteiger partial charge is 0.467 e. The minimum atomic E-state index is -2.17. The molecule has 5 aliphatic heterocycles. The first-order valence-electron chi connectivity index (χ1n) is 20.3. The summed E-state index contributed by atoms with van der Waals surface area (Å²) in [5, 5.41) is 14.5. The lowest BCUT2D eigenvalue weighted by Crippen LogP contribution is -2.81. The van der Waals surface area contributed by atoms with Gasteiger partial charge >= 0.3 is 11.9 Å². The molecule has 10 nitrogen and oxygen atoms in total. The lowest BCUT2D eigenvalue weighted by atomic mass is 9.47. The van der Waals surface area contributed by atoms with E-state index < -0.39 is 46.1 Å². The molecule has 55 heavy (non-hydrogen) atoms. The molecule has 1 aliphatic carbocycles. The van der Waals surface area contributed by atoms with Crippen molar-refractivity contribution in [3.63, 3.8) is 0 Å². The van der Waals surface area contributed by atoms with Gasteiger partial charge in [0.05, 0.1) is 18.8 Å². The fourth-order valence-electron chi connectivity index (χ4n) is 12.9. The molecule has 6 heterocycles. The van der Waals surface area contributed by atoms with Crippen molar-refractivity contribution in [1.29, 1.82) is 0 Å². The molecule has 1 saturated carbocycles. The van der Waals surface area contributed by atoms with Crippen molar-refractivity contribution in [2.45, 2.75) is 94.6 Å². The van der Waals surface area contributed by atoms with Crippen LogP contribution in [0.15, 0.2) is 60.2 Å². The molecule has 292 valence electrons. The molecule has 9 atom stereocenters. The van der Waals surface area contributed by atoms with E-state index in [2.05, 4.69) is 95.1 Å². The summed E-state index contributed by atoms with van der Waals surface area (Å²) in [6.07, 6.45) is 9.56. The smallest absolute Gasteiger partial charge is 0.344 e. The highest BCUT2D eigenvalue weighted by Crippen LogP contribution is 2.68. The van der Waals surface area contributed by atoms with Gasteiger partial charge in [-0.15, -0.1) is 0 Å². The lowest BCUT2D eigenvalue weighted by molar-refractivity contribution is -0.228. The zero-order valence-corrected chi connectivity index (χ0v) is 33.4. The van der Waals surface area contributed by atoms with Gasteiger partial charge in [0.2, 0.25) is 5.60 Å². The Bertz CT molecular complexity index is 2140. The van der Waals surface area contributed by atoms with Crippen LogP contribution in [0.2, 0.25) is 0 Å². The summed E-state index contributed by atoms with van der Waals surface area (Å²) < 4.78 is 18.7. The minimum Gasteiger partial charge on any atom is -0.467 e. The molecule has 9 rings (SSSR count). The number of H-pyrrole nitrogens is 1. The average molecular weight is 749 g/mol. The van der Waals surface area contributed by atoms with Crippen LogP contribution in [0.25, 0.3) is 10.9 Å². The highest BCUT2D eigenvalue weighted by atomic mass is 16.6. The molecule has 6 aliphatic rings. The number of ether oxygens (including phenoxy) is 3. The molecular weight excluding hydrogens is 693 g/mol. The first-order chi connectivity index (χ1) is 26.4. The van der Waals surface area contributed by atoms with Crippen molar-refractivity contribution in [3.8, 4) is 0 Å². The van der Waals surface area contributed by atoms with Gasteiger partial charge in [-0.1, -0.05) is 55.8 Å². The fraction of sp³-hybridized carbons (Fsp3) is 0.556. The van der Waals surface area contributed by atoms with E-state index in [-0.39, 0.29) is 12.0 Å². The van der Waals surface area contributed by atoms with Gasteiger partial charge in [0.25, 0.3) is 0 Å². The van der Waals surface area contributed by atoms with E-state index in [0.29, 0.717) is 6.42 Å². The van der Waals surface area contributed by atoms with E-state index in [0.717, 1.165) is 92.0 Å². The number of methoxy groups -OCH3 is 2. The number of hydrogen-bond donors (Lipinski definition) is 2. The number of carbonyl (C=O) groups is 2. The normalized spacial score (nSPS) is 36.2. The molecular formula is C45H56N4O6. The molecule has 1 aromatic heterocycles. The number of rotatable bonds is 6. The number of aromatic nitrogens is 1. The Morgan fingerprint density at radius 3 is 2.60 bits per heavy atom. The van der Waals surface area contributed by atoms with Crippen LogP contribution in [0.1, 0.15) is 74.4 Å². The number of likely N-dealkylation sites (N-methyl/N-ethyl adjacent to an activating group) is 1. The van der Waals surface area contributed by atoms with E-state index in [1.165, 1.54) is 30.6 Å². The quantitative estimate of drug-likeness (QED) is 0.249. The molecule has 2 aromatic carbocycles. The van der Waals surface area contributed by atoms with Crippen LogP contribution in [0.3, 0.4) is 0 Å². The summed E-state index contributed by atoms with van der Waals surface area (Å²) in [5.74, 6) is -1.05. The number of nitrogens with one attached hydrogen (secondary N) is 1. The van der Waals surface area contributed by atoms with Crippen molar-refractivity contribution in [3.05, 3.63) is 88.1 Å². The van der Waals surface area contributed by atoms with Gasteiger partial charge in [0.15, 0.2) is 6.10 Å². The molecule has 1 saturated heterocycles. The Labute approximate surface area is 324 Å². The lowest BCUT2D eigenvalue weighted by Gasteiger charge is -2.63. The van der Waals surface area contributed by atoms with Crippen LogP contribution in [-0.2, 0) is 41.2 Å². The monoisotopic (exact) mass is 748 g/mol. The van der Waals surface area contributed by atoms with Crippen molar-refractivity contribution in [2.24, 2.45) is 11.3 Å².